The van der Waals surface area contributed by atoms with Crippen LogP contribution >= 0.6 is 0 Å². The molecule has 4 rings (SSSR count). The number of carboxylic acid groups (broad SMARTS) is 1. The van der Waals surface area contributed by atoms with Gasteiger partial charge in [0.15, 0.2) is 6.29 Å². The van der Waals surface area contributed by atoms with Crippen molar-refractivity contribution >= 4 is 11.9 Å². The lowest BCUT2D eigenvalue weighted by molar-refractivity contribution is -0.187. The van der Waals surface area contributed by atoms with Gasteiger partial charge in [-0.15, -0.1) is 0 Å². The van der Waals surface area contributed by atoms with Gasteiger partial charge in [0.1, 0.15) is 0 Å². The minimum absolute atomic E-state index is 0.150. The van der Waals surface area contributed by atoms with Crippen molar-refractivity contribution < 1.29 is 24.2 Å². The number of carboxylic acids is 1. The standard InChI is InChI=1S/C20H30O5/c1-5-24-10(4)25-20(23)18-14-7-13(17(18)19(21)22)15-11-6-12(16(14)15)9(3)8(11)2/h8-18H,5-7H2,1-4H3,(H,21,22). The van der Waals surface area contributed by atoms with Crippen molar-refractivity contribution in [3.05, 3.63) is 0 Å². The maximum absolute atomic E-state index is 12.8. The van der Waals surface area contributed by atoms with Crippen molar-refractivity contribution in [2.45, 2.75) is 46.8 Å². The van der Waals surface area contributed by atoms with Crippen LogP contribution in [0.15, 0.2) is 0 Å². The molecule has 4 bridgehead atoms. The maximum Gasteiger partial charge on any atom is 0.312 e. The molecule has 0 aromatic heterocycles. The van der Waals surface area contributed by atoms with Crippen molar-refractivity contribution in [3.63, 3.8) is 0 Å². The molecule has 4 saturated carbocycles. The highest BCUT2D eigenvalue weighted by Crippen LogP contribution is 2.72. The summed E-state index contributed by atoms with van der Waals surface area (Å²) in [5.41, 5.74) is 0. The number of hydrogen-bond donors (Lipinski definition) is 1. The van der Waals surface area contributed by atoms with E-state index >= 15 is 0 Å². The normalized spacial score (nSPS) is 50.7. The predicted octanol–water partition coefficient (Wildman–Crippen LogP) is 3.03. The van der Waals surface area contributed by atoms with Crippen molar-refractivity contribution in [1.29, 1.82) is 0 Å². The molecule has 5 nitrogen and oxygen atoms in total. The Bertz CT molecular complexity index is 574. The number of aliphatic carboxylic acids is 1. The molecule has 0 aromatic carbocycles. The topological polar surface area (TPSA) is 72.8 Å². The van der Waals surface area contributed by atoms with E-state index in [4.69, 9.17) is 9.47 Å². The molecule has 4 aliphatic carbocycles. The van der Waals surface area contributed by atoms with Crippen molar-refractivity contribution in [2.75, 3.05) is 6.61 Å². The Morgan fingerprint density at radius 2 is 1.52 bits per heavy atom. The largest absolute Gasteiger partial charge is 0.481 e. The van der Waals surface area contributed by atoms with Gasteiger partial charge < -0.3 is 14.6 Å². The monoisotopic (exact) mass is 350 g/mol. The van der Waals surface area contributed by atoms with Gasteiger partial charge in [0.25, 0.3) is 0 Å². The Balaban J connectivity index is 1.59. The highest BCUT2D eigenvalue weighted by atomic mass is 16.7. The molecule has 0 saturated heterocycles. The molecule has 0 radical (unpaired) electrons. The number of fused-ring (bicyclic) bond motifs is 9. The summed E-state index contributed by atoms with van der Waals surface area (Å²) in [7, 11) is 0. The summed E-state index contributed by atoms with van der Waals surface area (Å²) in [5.74, 6) is 1.81. The van der Waals surface area contributed by atoms with Crippen LogP contribution in [0.25, 0.3) is 0 Å². The van der Waals surface area contributed by atoms with Crippen molar-refractivity contribution in [1.82, 2.24) is 0 Å². The molecular weight excluding hydrogens is 320 g/mol. The van der Waals surface area contributed by atoms with Gasteiger partial charge in [0.05, 0.1) is 11.8 Å². The Morgan fingerprint density at radius 3 is 2.04 bits per heavy atom. The molecule has 11 unspecified atom stereocenters. The number of rotatable bonds is 5. The molecule has 0 heterocycles. The van der Waals surface area contributed by atoms with Gasteiger partial charge in [-0.25, -0.2) is 0 Å². The lowest BCUT2D eigenvalue weighted by Crippen LogP contribution is -2.47. The molecule has 4 fully saturated rings. The van der Waals surface area contributed by atoms with Gasteiger partial charge in [-0.3, -0.25) is 9.59 Å². The Labute approximate surface area is 149 Å². The zero-order chi connectivity index (χ0) is 18.0. The second-order valence-corrected chi connectivity index (χ2v) is 8.85. The van der Waals surface area contributed by atoms with Crippen LogP contribution in [0.1, 0.15) is 40.5 Å². The molecule has 0 aliphatic heterocycles. The van der Waals surface area contributed by atoms with E-state index in [9.17, 15) is 14.7 Å². The van der Waals surface area contributed by atoms with E-state index in [2.05, 4.69) is 13.8 Å². The molecule has 5 heteroatoms. The number of carbonyl (C=O) groups is 2. The molecule has 1 N–H and O–H groups in total. The molecule has 0 aromatic rings. The van der Waals surface area contributed by atoms with Gasteiger partial charge >= 0.3 is 11.9 Å². The lowest BCUT2D eigenvalue weighted by Gasteiger charge is -2.45. The third-order valence-electron chi connectivity index (χ3n) is 8.24. The summed E-state index contributed by atoms with van der Waals surface area (Å²) < 4.78 is 10.8. The minimum Gasteiger partial charge on any atom is -0.481 e. The average Bonchev–Trinajstić information content (AvgIpc) is 3.25. The first kappa shape index (κ1) is 17.3. The smallest absolute Gasteiger partial charge is 0.312 e. The van der Waals surface area contributed by atoms with Crippen LogP contribution in [0.3, 0.4) is 0 Å². The Morgan fingerprint density at radius 1 is 1.00 bits per heavy atom. The van der Waals surface area contributed by atoms with Gasteiger partial charge in [-0.05, 0) is 74.0 Å². The average molecular weight is 350 g/mol. The van der Waals surface area contributed by atoms with Crippen LogP contribution in [-0.2, 0) is 19.1 Å². The van der Waals surface area contributed by atoms with Crippen LogP contribution in [0.2, 0.25) is 0 Å². The second kappa shape index (κ2) is 5.97. The number of carbonyl (C=O) groups excluding carboxylic acids is 1. The molecular formula is C20H30O5. The number of esters is 1. The van der Waals surface area contributed by atoms with E-state index < -0.39 is 24.1 Å². The molecule has 11 atom stereocenters. The fourth-order valence-electron chi connectivity index (χ4n) is 7.42. The summed E-state index contributed by atoms with van der Waals surface area (Å²) in [4.78, 5) is 24.8. The highest BCUT2D eigenvalue weighted by molar-refractivity contribution is 5.83. The van der Waals surface area contributed by atoms with Crippen molar-refractivity contribution in [2.24, 2.45) is 59.2 Å². The first-order valence-corrected chi connectivity index (χ1v) is 9.91. The van der Waals surface area contributed by atoms with Crippen LogP contribution in [0, 0.1) is 59.2 Å². The van der Waals surface area contributed by atoms with Gasteiger partial charge in [-0.1, -0.05) is 13.8 Å². The summed E-state index contributed by atoms with van der Waals surface area (Å²) in [6.45, 7) is 8.70. The van der Waals surface area contributed by atoms with E-state index in [1.165, 1.54) is 6.42 Å². The maximum atomic E-state index is 12.8. The zero-order valence-corrected chi connectivity index (χ0v) is 15.6. The third kappa shape index (κ3) is 2.30. The van der Waals surface area contributed by atoms with Gasteiger partial charge in [0.2, 0.25) is 0 Å². The third-order valence-corrected chi connectivity index (χ3v) is 8.24. The van der Waals surface area contributed by atoms with Crippen molar-refractivity contribution in [3.8, 4) is 0 Å². The van der Waals surface area contributed by atoms with Crippen LogP contribution in [0.5, 0.6) is 0 Å². The fraction of sp³-hybridized carbons (Fsp3) is 0.900. The molecule has 25 heavy (non-hydrogen) atoms. The lowest BCUT2D eigenvalue weighted by atomic mass is 9.59. The quantitative estimate of drug-likeness (QED) is 0.469. The van der Waals surface area contributed by atoms with E-state index in [0.717, 1.165) is 6.42 Å². The Kier molecular flexibility index (Phi) is 4.13. The van der Waals surface area contributed by atoms with E-state index in [1.54, 1.807) is 6.92 Å². The zero-order valence-electron chi connectivity index (χ0n) is 15.6. The number of hydrogen-bond acceptors (Lipinski definition) is 4. The first-order chi connectivity index (χ1) is 11.9. The minimum atomic E-state index is -0.819. The molecule has 140 valence electrons. The molecule has 0 amide bonds. The molecule has 4 aliphatic rings. The highest BCUT2D eigenvalue weighted by Gasteiger charge is 2.71. The molecule has 0 spiro atoms. The van der Waals surface area contributed by atoms with E-state index in [1.807, 2.05) is 6.92 Å². The summed E-state index contributed by atoms with van der Waals surface area (Å²) >= 11 is 0. The Hall–Kier alpha value is -1.10. The summed E-state index contributed by atoms with van der Waals surface area (Å²) in [5, 5.41) is 9.86. The summed E-state index contributed by atoms with van der Waals surface area (Å²) in [6, 6.07) is 0. The second-order valence-electron chi connectivity index (χ2n) is 8.85. The van der Waals surface area contributed by atoms with Crippen LogP contribution < -0.4 is 0 Å². The van der Waals surface area contributed by atoms with E-state index in [-0.39, 0.29) is 17.8 Å². The first-order valence-electron chi connectivity index (χ1n) is 9.91. The number of ether oxygens (including phenoxy) is 2. The summed E-state index contributed by atoms with van der Waals surface area (Å²) in [6.07, 6.45) is 1.51. The fourth-order valence-corrected chi connectivity index (χ4v) is 7.42. The SMILES string of the molecule is CCOC(C)OC(=O)C1C2CC(C1C(=O)O)C1C3CC(C(C)C3C)C21. The van der Waals surface area contributed by atoms with E-state index in [0.29, 0.717) is 42.1 Å². The van der Waals surface area contributed by atoms with Gasteiger partial charge in [0, 0.05) is 6.61 Å². The van der Waals surface area contributed by atoms with Crippen LogP contribution in [-0.4, -0.2) is 29.9 Å². The van der Waals surface area contributed by atoms with Gasteiger partial charge in [-0.2, -0.15) is 0 Å². The predicted molar refractivity (Wildman–Crippen MR) is 90.3 cm³/mol. The van der Waals surface area contributed by atoms with Crippen LogP contribution in [0.4, 0.5) is 0 Å².